The van der Waals surface area contributed by atoms with Crippen LogP contribution in [0.15, 0.2) is 59.5 Å². The number of carbonyl (C=O) groups is 2. The van der Waals surface area contributed by atoms with Crippen LogP contribution in [0.1, 0.15) is 6.92 Å². The molecule has 6 heteroatoms. The molecular formula is C17H19N3O2S. The highest BCUT2D eigenvalue weighted by atomic mass is 32.2. The summed E-state index contributed by atoms with van der Waals surface area (Å²) in [6.07, 6.45) is 1.97. The molecule has 2 aromatic rings. The quantitative estimate of drug-likeness (QED) is 0.735. The summed E-state index contributed by atoms with van der Waals surface area (Å²) in [5, 5.41) is 8.08. The lowest BCUT2D eigenvalue weighted by atomic mass is 10.2. The number of hydrogen-bond donors (Lipinski definition) is 3. The van der Waals surface area contributed by atoms with Crippen molar-refractivity contribution in [2.45, 2.75) is 17.9 Å². The molecule has 5 nitrogen and oxygen atoms in total. The summed E-state index contributed by atoms with van der Waals surface area (Å²) >= 11 is 1.60. The van der Waals surface area contributed by atoms with E-state index < -0.39 is 12.1 Å². The van der Waals surface area contributed by atoms with Crippen LogP contribution in [0.3, 0.4) is 0 Å². The van der Waals surface area contributed by atoms with Crippen molar-refractivity contribution in [3.05, 3.63) is 54.6 Å². The summed E-state index contributed by atoms with van der Waals surface area (Å²) in [7, 11) is 0. The van der Waals surface area contributed by atoms with Crippen molar-refractivity contribution in [2.24, 2.45) is 0 Å². The van der Waals surface area contributed by atoms with E-state index in [0.717, 1.165) is 4.90 Å². The van der Waals surface area contributed by atoms with E-state index in [4.69, 9.17) is 0 Å². The molecule has 3 amide bonds. The highest BCUT2D eigenvalue weighted by Crippen LogP contribution is 2.19. The van der Waals surface area contributed by atoms with Gasteiger partial charge in [0.15, 0.2) is 0 Å². The first-order valence-corrected chi connectivity index (χ1v) is 8.38. The van der Waals surface area contributed by atoms with Crippen LogP contribution in [0.4, 0.5) is 16.2 Å². The van der Waals surface area contributed by atoms with Gasteiger partial charge in [-0.05, 0) is 43.5 Å². The number of carbonyl (C=O) groups excluding carboxylic acids is 2. The molecule has 1 unspecified atom stereocenters. The van der Waals surface area contributed by atoms with Gasteiger partial charge < -0.3 is 16.0 Å². The number of anilines is 2. The third-order valence-corrected chi connectivity index (χ3v) is 3.84. The smallest absolute Gasteiger partial charge is 0.319 e. The molecule has 0 bridgehead atoms. The van der Waals surface area contributed by atoms with Gasteiger partial charge in [-0.25, -0.2) is 4.79 Å². The predicted octanol–water partition coefficient (Wildman–Crippen LogP) is 3.56. The van der Waals surface area contributed by atoms with Crippen LogP contribution in [0.5, 0.6) is 0 Å². The molecule has 120 valence electrons. The van der Waals surface area contributed by atoms with Crippen molar-refractivity contribution in [1.82, 2.24) is 5.32 Å². The third-order valence-electron chi connectivity index (χ3n) is 3.11. The minimum absolute atomic E-state index is 0.272. The second-order valence-corrected chi connectivity index (χ2v) is 5.79. The highest BCUT2D eigenvalue weighted by Gasteiger charge is 2.15. The fourth-order valence-corrected chi connectivity index (χ4v) is 2.36. The number of hydrogen-bond acceptors (Lipinski definition) is 3. The number of urea groups is 1. The molecule has 3 N–H and O–H groups in total. The van der Waals surface area contributed by atoms with Gasteiger partial charge in [0.2, 0.25) is 5.91 Å². The lowest BCUT2D eigenvalue weighted by Crippen LogP contribution is -2.43. The predicted molar refractivity (Wildman–Crippen MR) is 94.9 cm³/mol. The first kappa shape index (κ1) is 16.9. The van der Waals surface area contributed by atoms with Gasteiger partial charge in [-0.2, -0.15) is 0 Å². The average Bonchev–Trinajstić information content (AvgIpc) is 2.55. The van der Waals surface area contributed by atoms with Gasteiger partial charge in [0.1, 0.15) is 6.04 Å². The minimum atomic E-state index is -0.656. The third kappa shape index (κ3) is 5.34. The van der Waals surface area contributed by atoms with E-state index in [-0.39, 0.29) is 5.91 Å². The topological polar surface area (TPSA) is 70.2 Å². The summed E-state index contributed by atoms with van der Waals surface area (Å²) in [5.41, 5.74) is 1.38. The van der Waals surface area contributed by atoms with E-state index >= 15 is 0 Å². The maximum atomic E-state index is 12.1. The van der Waals surface area contributed by atoms with Crippen LogP contribution < -0.4 is 16.0 Å². The van der Waals surface area contributed by atoms with Crippen molar-refractivity contribution in [1.29, 1.82) is 0 Å². The summed E-state index contributed by atoms with van der Waals surface area (Å²) in [6, 6.07) is 15.5. The normalized spacial score (nSPS) is 11.4. The van der Waals surface area contributed by atoms with Crippen molar-refractivity contribution < 1.29 is 9.59 Å². The summed E-state index contributed by atoms with van der Waals surface area (Å²) in [4.78, 5) is 25.1. The molecule has 0 saturated carbocycles. The molecule has 2 aromatic carbocycles. The molecule has 0 spiro atoms. The largest absolute Gasteiger partial charge is 0.326 e. The van der Waals surface area contributed by atoms with E-state index in [9.17, 15) is 9.59 Å². The number of benzene rings is 2. The standard InChI is InChI=1S/C17H19N3O2S/c1-12(18-17(22)20-13-7-4-3-5-8-13)16(21)19-14-9-6-10-15(11-14)23-2/h3-12H,1-2H3,(H,19,21)(H2,18,20,22). The minimum Gasteiger partial charge on any atom is -0.326 e. The van der Waals surface area contributed by atoms with Crippen LogP contribution >= 0.6 is 11.8 Å². The number of nitrogens with one attached hydrogen (secondary N) is 3. The van der Waals surface area contributed by atoms with Gasteiger partial charge in [0.25, 0.3) is 0 Å². The summed E-state index contributed by atoms with van der Waals surface area (Å²) < 4.78 is 0. The van der Waals surface area contributed by atoms with Crippen LogP contribution in [-0.2, 0) is 4.79 Å². The molecule has 0 radical (unpaired) electrons. The Balaban J connectivity index is 1.88. The van der Waals surface area contributed by atoms with E-state index in [1.807, 2.05) is 48.7 Å². The molecule has 0 saturated heterocycles. The Morgan fingerprint density at radius 3 is 2.35 bits per heavy atom. The lowest BCUT2D eigenvalue weighted by Gasteiger charge is -2.15. The van der Waals surface area contributed by atoms with E-state index in [1.165, 1.54) is 0 Å². The zero-order valence-electron chi connectivity index (χ0n) is 13.0. The molecule has 0 heterocycles. The van der Waals surface area contributed by atoms with Gasteiger partial charge >= 0.3 is 6.03 Å². The molecule has 23 heavy (non-hydrogen) atoms. The maximum Gasteiger partial charge on any atom is 0.319 e. The van der Waals surface area contributed by atoms with Crippen molar-refractivity contribution >= 4 is 35.1 Å². The van der Waals surface area contributed by atoms with Gasteiger partial charge in [-0.3, -0.25) is 4.79 Å². The second kappa shape index (κ2) is 8.24. The number of rotatable bonds is 5. The lowest BCUT2D eigenvalue weighted by molar-refractivity contribution is -0.117. The van der Waals surface area contributed by atoms with E-state index in [2.05, 4.69) is 16.0 Å². The molecular weight excluding hydrogens is 310 g/mol. The van der Waals surface area contributed by atoms with Crippen molar-refractivity contribution in [3.8, 4) is 0 Å². The summed E-state index contributed by atoms with van der Waals surface area (Å²) in [5.74, 6) is -0.272. The van der Waals surface area contributed by atoms with Crippen molar-refractivity contribution in [2.75, 3.05) is 16.9 Å². The SMILES string of the molecule is CSc1cccc(NC(=O)C(C)NC(=O)Nc2ccccc2)c1. The van der Waals surface area contributed by atoms with Gasteiger partial charge in [-0.1, -0.05) is 24.3 Å². The van der Waals surface area contributed by atoms with Crippen molar-refractivity contribution in [3.63, 3.8) is 0 Å². The Morgan fingerprint density at radius 1 is 0.957 bits per heavy atom. The van der Waals surface area contributed by atoms with Crippen LogP contribution in [0, 0.1) is 0 Å². The van der Waals surface area contributed by atoms with Gasteiger partial charge in [0, 0.05) is 16.3 Å². The fraction of sp³-hybridized carbons (Fsp3) is 0.176. The Hall–Kier alpha value is -2.47. The van der Waals surface area contributed by atoms with Gasteiger partial charge in [-0.15, -0.1) is 11.8 Å². The van der Waals surface area contributed by atoms with Crippen LogP contribution in [0.2, 0.25) is 0 Å². The fourth-order valence-electron chi connectivity index (χ4n) is 1.90. The zero-order valence-corrected chi connectivity index (χ0v) is 13.8. The molecule has 0 aliphatic rings. The molecule has 2 rings (SSSR count). The monoisotopic (exact) mass is 329 g/mol. The van der Waals surface area contributed by atoms with Gasteiger partial charge in [0.05, 0.1) is 0 Å². The molecule has 1 atom stereocenters. The Labute approximate surface area is 139 Å². The Kier molecular flexibility index (Phi) is 6.05. The Bertz CT molecular complexity index is 677. The molecule has 0 fully saturated rings. The first-order valence-electron chi connectivity index (χ1n) is 7.16. The first-order chi connectivity index (χ1) is 11.1. The Morgan fingerprint density at radius 2 is 1.65 bits per heavy atom. The highest BCUT2D eigenvalue weighted by molar-refractivity contribution is 7.98. The van der Waals surface area contributed by atoms with Crippen LogP contribution in [0.25, 0.3) is 0 Å². The number of amides is 3. The number of para-hydroxylation sites is 1. The maximum absolute atomic E-state index is 12.1. The number of thioether (sulfide) groups is 1. The summed E-state index contributed by atoms with van der Waals surface area (Å²) in [6.45, 7) is 1.64. The van der Waals surface area contributed by atoms with E-state index in [0.29, 0.717) is 11.4 Å². The molecule has 0 aromatic heterocycles. The van der Waals surface area contributed by atoms with E-state index in [1.54, 1.807) is 30.8 Å². The van der Waals surface area contributed by atoms with Crippen LogP contribution in [-0.4, -0.2) is 24.2 Å². The molecule has 0 aliphatic carbocycles. The zero-order chi connectivity index (χ0) is 16.7. The average molecular weight is 329 g/mol. The second-order valence-electron chi connectivity index (χ2n) is 4.91. The molecule has 0 aliphatic heterocycles.